The normalized spacial score (nSPS) is 11.8. The summed E-state index contributed by atoms with van der Waals surface area (Å²) >= 11 is 19.1. The summed E-state index contributed by atoms with van der Waals surface area (Å²) in [6.07, 6.45) is 3.96. The van der Waals surface area contributed by atoms with Crippen LogP contribution in [0.15, 0.2) is 97.2 Å². The third-order valence-corrected chi connectivity index (χ3v) is 7.73. The molecule has 190 valence electrons. The molecule has 0 bridgehead atoms. The molecule has 6 aromatic rings. The molecule has 4 aromatic carbocycles. The van der Waals surface area contributed by atoms with E-state index in [1.54, 1.807) is 6.07 Å². The number of hydrogen-bond acceptors (Lipinski definition) is 2. The number of hydrogen-bond donors (Lipinski definition) is 0. The first-order chi connectivity index (χ1) is 19.0. The molecule has 0 aliphatic heterocycles. The van der Waals surface area contributed by atoms with E-state index in [-0.39, 0.29) is 0 Å². The molecule has 0 radical (unpaired) electrons. The second-order valence-electron chi connectivity index (χ2n) is 9.24. The minimum absolute atomic E-state index is 0.464. The summed E-state index contributed by atoms with van der Waals surface area (Å²) in [5, 5.41) is 13.3. The SMILES string of the molecule is N#C/C(=C\c1cn(Cc2ccc(Cl)cc2Cl)c2ccccc12)c1nc2ccccc2n1Cc1ccccc1Cl. The zero-order valence-electron chi connectivity index (χ0n) is 20.7. The van der Waals surface area contributed by atoms with Crippen LogP contribution in [0, 0.1) is 11.3 Å². The molecule has 0 saturated carbocycles. The Labute approximate surface area is 240 Å². The first kappa shape index (κ1) is 25.3. The summed E-state index contributed by atoms with van der Waals surface area (Å²) < 4.78 is 4.19. The van der Waals surface area contributed by atoms with Crippen molar-refractivity contribution in [2.75, 3.05) is 0 Å². The van der Waals surface area contributed by atoms with Gasteiger partial charge in [0.2, 0.25) is 0 Å². The largest absolute Gasteiger partial charge is 0.342 e. The van der Waals surface area contributed by atoms with Gasteiger partial charge in [-0.05, 0) is 53.6 Å². The Balaban J connectivity index is 1.48. The molecule has 0 N–H and O–H groups in total. The van der Waals surface area contributed by atoms with Crippen molar-refractivity contribution in [3.63, 3.8) is 0 Å². The number of aromatic nitrogens is 3. The first-order valence-corrected chi connectivity index (χ1v) is 13.5. The summed E-state index contributed by atoms with van der Waals surface area (Å²) in [4.78, 5) is 4.87. The Morgan fingerprint density at radius 1 is 0.795 bits per heavy atom. The van der Waals surface area contributed by atoms with Crippen molar-refractivity contribution in [2.45, 2.75) is 13.1 Å². The molecule has 0 aliphatic rings. The van der Waals surface area contributed by atoms with E-state index in [2.05, 4.69) is 27.3 Å². The van der Waals surface area contributed by atoms with Gasteiger partial charge in [-0.3, -0.25) is 0 Å². The second kappa shape index (κ2) is 10.6. The minimum Gasteiger partial charge on any atom is -0.342 e. The van der Waals surface area contributed by atoms with Gasteiger partial charge in [-0.2, -0.15) is 5.26 Å². The lowest BCUT2D eigenvalue weighted by Crippen LogP contribution is -2.05. The van der Waals surface area contributed by atoms with Crippen molar-refractivity contribution in [3.05, 3.63) is 135 Å². The molecule has 2 heterocycles. The second-order valence-corrected chi connectivity index (χ2v) is 10.5. The van der Waals surface area contributed by atoms with Crippen LogP contribution in [0.5, 0.6) is 0 Å². The number of nitriles is 1. The summed E-state index contributed by atoms with van der Waals surface area (Å²) in [7, 11) is 0. The first-order valence-electron chi connectivity index (χ1n) is 12.3. The van der Waals surface area contributed by atoms with Gasteiger partial charge in [0.05, 0.1) is 23.2 Å². The Morgan fingerprint density at radius 2 is 1.51 bits per heavy atom. The summed E-state index contributed by atoms with van der Waals surface area (Å²) in [5.74, 6) is 0.594. The molecule has 2 aromatic heterocycles. The van der Waals surface area contributed by atoms with Crippen molar-refractivity contribution in [3.8, 4) is 6.07 Å². The monoisotopic (exact) mass is 566 g/mol. The molecular weight excluding hydrogens is 547 g/mol. The van der Waals surface area contributed by atoms with Crippen LogP contribution in [-0.2, 0) is 13.1 Å². The van der Waals surface area contributed by atoms with Gasteiger partial charge in [-0.25, -0.2) is 4.98 Å². The maximum absolute atomic E-state index is 10.4. The molecule has 0 fully saturated rings. The molecular formula is C32H21Cl3N4. The van der Waals surface area contributed by atoms with Gasteiger partial charge in [0, 0.05) is 44.3 Å². The highest BCUT2D eigenvalue weighted by molar-refractivity contribution is 6.35. The van der Waals surface area contributed by atoms with Gasteiger partial charge in [0.25, 0.3) is 0 Å². The number of allylic oxidation sites excluding steroid dienone is 1. The molecule has 4 nitrogen and oxygen atoms in total. The Morgan fingerprint density at radius 3 is 2.31 bits per heavy atom. The highest BCUT2D eigenvalue weighted by Gasteiger charge is 2.17. The predicted octanol–water partition coefficient (Wildman–Crippen LogP) is 9.11. The van der Waals surface area contributed by atoms with Gasteiger partial charge in [-0.1, -0.05) is 89.4 Å². The summed E-state index contributed by atoms with van der Waals surface area (Å²) in [5.41, 5.74) is 6.09. The van der Waals surface area contributed by atoms with Gasteiger partial charge in [0.1, 0.15) is 6.07 Å². The van der Waals surface area contributed by atoms with Crippen molar-refractivity contribution >= 4 is 68.4 Å². The number of benzene rings is 4. The van der Waals surface area contributed by atoms with Crippen molar-refractivity contribution in [1.82, 2.24) is 14.1 Å². The van der Waals surface area contributed by atoms with Gasteiger partial charge < -0.3 is 9.13 Å². The van der Waals surface area contributed by atoms with Gasteiger partial charge in [-0.15, -0.1) is 0 Å². The quantitative estimate of drug-likeness (QED) is 0.188. The van der Waals surface area contributed by atoms with E-state index >= 15 is 0 Å². The number of imidazole rings is 1. The third kappa shape index (κ3) is 4.93. The molecule has 0 spiro atoms. The number of halogens is 3. The Kier molecular flexibility index (Phi) is 6.89. The topological polar surface area (TPSA) is 46.5 Å². The molecule has 0 saturated heterocycles. The molecule has 0 atom stereocenters. The van der Waals surface area contributed by atoms with Crippen LogP contribution in [0.3, 0.4) is 0 Å². The lowest BCUT2D eigenvalue weighted by molar-refractivity contribution is 0.811. The number of rotatable bonds is 6. The van der Waals surface area contributed by atoms with E-state index in [9.17, 15) is 5.26 Å². The fourth-order valence-corrected chi connectivity index (χ4v) is 5.56. The third-order valence-electron chi connectivity index (χ3n) is 6.78. The summed E-state index contributed by atoms with van der Waals surface area (Å²) in [6.45, 7) is 1.06. The van der Waals surface area contributed by atoms with E-state index in [1.807, 2.05) is 85.1 Å². The highest BCUT2D eigenvalue weighted by Crippen LogP contribution is 2.30. The molecule has 0 aliphatic carbocycles. The highest BCUT2D eigenvalue weighted by atomic mass is 35.5. The van der Waals surface area contributed by atoms with Gasteiger partial charge in [0.15, 0.2) is 5.82 Å². The van der Waals surface area contributed by atoms with E-state index in [0.29, 0.717) is 39.6 Å². The average molecular weight is 568 g/mol. The van der Waals surface area contributed by atoms with E-state index in [4.69, 9.17) is 39.8 Å². The smallest absolute Gasteiger partial charge is 0.152 e. The van der Waals surface area contributed by atoms with Crippen LogP contribution < -0.4 is 0 Å². The van der Waals surface area contributed by atoms with Crippen molar-refractivity contribution in [2.24, 2.45) is 0 Å². The lowest BCUT2D eigenvalue weighted by atomic mass is 10.1. The summed E-state index contributed by atoms with van der Waals surface area (Å²) in [6, 6.07) is 31.7. The lowest BCUT2D eigenvalue weighted by Gasteiger charge is -2.10. The van der Waals surface area contributed by atoms with Crippen LogP contribution in [-0.4, -0.2) is 14.1 Å². The molecule has 0 amide bonds. The Hall–Kier alpha value is -4.01. The van der Waals surface area contributed by atoms with E-state index in [1.165, 1.54) is 0 Å². The van der Waals surface area contributed by atoms with E-state index < -0.39 is 0 Å². The zero-order chi connectivity index (χ0) is 26.9. The van der Waals surface area contributed by atoms with Crippen molar-refractivity contribution < 1.29 is 0 Å². The maximum Gasteiger partial charge on any atom is 0.152 e. The fraction of sp³-hybridized carbons (Fsp3) is 0.0625. The minimum atomic E-state index is 0.464. The maximum atomic E-state index is 10.4. The molecule has 39 heavy (non-hydrogen) atoms. The molecule has 6 rings (SSSR count). The molecule has 0 unspecified atom stereocenters. The average Bonchev–Trinajstić information content (AvgIpc) is 3.48. The number of nitrogens with zero attached hydrogens (tertiary/aromatic N) is 4. The zero-order valence-corrected chi connectivity index (χ0v) is 22.9. The molecule has 7 heteroatoms. The van der Waals surface area contributed by atoms with Crippen LogP contribution in [0.4, 0.5) is 0 Å². The van der Waals surface area contributed by atoms with Gasteiger partial charge >= 0.3 is 0 Å². The Bertz CT molecular complexity index is 1920. The fourth-order valence-electron chi connectivity index (χ4n) is 4.89. The van der Waals surface area contributed by atoms with Crippen LogP contribution in [0.25, 0.3) is 33.6 Å². The standard InChI is InChI=1S/C32H21Cl3N4/c33-25-14-13-22(28(35)16-25)18-38-19-24(26-8-2-5-11-30(26)38)15-23(17-36)32-37-29-10-4-6-12-31(29)39(32)20-21-7-1-3-9-27(21)34/h1-16,19H,18,20H2/b23-15+. The van der Waals surface area contributed by atoms with Crippen LogP contribution in [0.1, 0.15) is 22.5 Å². The number of para-hydroxylation sites is 3. The van der Waals surface area contributed by atoms with Crippen LogP contribution >= 0.6 is 34.8 Å². The number of fused-ring (bicyclic) bond motifs is 2. The van der Waals surface area contributed by atoms with Crippen molar-refractivity contribution in [1.29, 1.82) is 5.26 Å². The predicted molar refractivity (Wildman–Crippen MR) is 161 cm³/mol. The van der Waals surface area contributed by atoms with E-state index in [0.717, 1.165) is 38.6 Å². The van der Waals surface area contributed by atoms with Crippen LogP contribution in [0.2, 0.25) is 15.1 Å².